The summed E-state index contributed by atoms with van der Waals surface area (Å²) < 4.78 is 15.5. The number of ether oxygens (including phenoxy) is 3. The maximum absolute atomic E-state index is 12.9. The van der Waals surface area contributed by atoms with Gasteiger partial charge >= 0.3 is 12.0 Å². The fraction of sp³-hybridized carbons (Fsp3) is 0.389. The lowest BCUT2D eigenvalue weighted by atomic mass is 9.95. The molecule has 0 saturated heterocycles. The third-order valence-corrected chi connectivity index (χ3v) is 4.79. The van der Waals surface area contributed by atoms with Crippen LogP contribution in [0.4, 0.5) is 4.79 Å². The van der Waals surface area contributed by atoms with Crippen molar-refractivity contribution in [2.45, 2.75) is 25.4 Å². The summed E-state index contributed by atoms with van der Waals surface area (Å²) >= 11 is 0. The molecular weight excluding hydrogens is 352 g/mol. The van der Waals surface area contributed by atoms with Crippen LogP contribution in [0.2, 0.25) is 0 Å². The number of aromatic amines is 1. The number of methoxy groups -OCH3 is 1. The van der Waals surface area contributed by atoms with Gasteiger partial charge in [0.15, 0.2) is 11.5 Å². The van der Waals surface area contributed by atoms with Crippen molar-refractivity contribution in [2.75, 3.05) is 20.4 Å². The average molecular weight is 372 g/mol. The summed E-state index contributed by atoms with van der Waals surface area (Å²) in [4.78, 5) is 33.8. The van der Waals surface area contributed by atoms with Crippen LogP contribution in [0.25, 0.3) is 0 Å². The first-order chi connectivity index (χ1) is 13.1. The molecule has 0 bridgehead atoms. The molecule has 2 aliphatic heterocycles. The second-order valence-corrected chi connectivity index (χ2v) is 6.42. The summed E-state index contributed by atoms with van der Waals surface area (Å²) in [5.74, 6) is 0.811. The molecule has 2 amide bonds. The lowest BCUT2D eigenvalue weighted by Gasteiger charge is -2.35. The van der Waals surface area contributed by atoms with Crippen molar-refractivity contribution in [1.29, 1.82) is 0 Å². The van der Waals surface area contributed by atoms with E-state index in [-0.39, 0.29) is 12.8 Å². The van der Waals surface area contributed by atoms with Crippen LogP contribution in [0.3, 0.4) is 0 Å². The minimum atomic E-state index is -0.750. The van der Waals surface area contributed by atoms with Crippen molar-refractivity contribution in [3.8, 4) is 11.5 Å². The predicted molar refractivity (Wildman–Crippen MR) is 93.4 cm³/mol. The zero-order valence-corrected chi connectivity index (χ0v) is 15.0. The van der Waals surface area contributed by atoms with E-state index in [1.165, 1.54) is 7.11 Å². The van der Waals surface area contributed by atoms with Gasteiger partial charge in [0.2, 0.25) is 6.79 Å². The molecule has 0 spiro atoms. The zero-order valence-electron chi connectivity index (χ0n) is 15.0. The molecule has 1 aromatic heterocycles. The molecule has 2 N–H and O–H groups in total. The summed E-state index contributed by atoms with van der Waals surface area (Å²) in [6.07, 6.45) is 2.28. The van der Waals surface area contributed by atoms with E-state index in [2.05, 4.69) is 20.0 Å². The minimum Gasteiger partial charge on any atom is -0.467 e. The Balaban J connectivity index is 1.66. The van der Waals surface area contributed by atoms with E-state index < -0.39 is 18.1 Å². The van der Waals surface area contributed by atoms with Crippen LogP contribution in [0.1, 0.15) is 29.9 Å². The molecule has 0 fully saturated rings. The summed E-state index contributed by atoms with van der Waals surface area (Å²) in [5, 5.41) is 2.69. The van der Waals surface area contributed by atoms with Crippen molar-refractivity contribution in [2.24, 2.45) is 0 Å². The standard InChI is InChI=1S/C18H20N4O5/c1-10(17(23)25-2)21-18(24)22-6-5-12-15(20-8-19-12)16(22)11-3-4-13-14(7-11)27-9-26-13/h3-4,7-8,10,16H,5-6,9H2,1-2H3,(H,19,20)(H,21,24)/t10-,16+/m0/s1. The van der Waals surface area contributed by atoms with Crippen molar-refractivity contribution >= 4 is 12.0 Å². The van der Waals surface area contributed by atoms with Gasteiger partial charge in [0.25, 0.3) is 0 Å². The number of carbonyl (C=O) groups is 2. The third kappa shape index (κ3) is 3.05. The number of aromatic nitrogens is 2. The number of nitrogens with one attached hydrogen (secondary N) is 2. The van der Waals surface area contributed by atoms with Crippen LogP contribution >= 0.6 is 0 Å². The van der Waals surface area contributed by atoms with Crippen LogP contribution < -0.4 is 14.8 Å². The number of imidazole rings is 1. The molecule has 0 aliphatic carbocycles. The van der Waals surface area contributed by atoms with Crippen LogP contribution in [0.5, 0.6) is 11.5 Å². The molecule has 4 rings (SSSR count). The first-order valence-corrected chi connectivity index (χ1v) is 8.65. The monoisotopic (exact) mass is 372 g/mol. The van der Waals surface area contributed by atoms with Gasteiger partial charge in [-0.3, -0.25) is 0 Å². The smallest absolute Gasteiger partial charge is 0.328 e. The van der Waals surface area contributed by atoms with Crippen molar-refractivity contribution in [3.63, 3.8) is 0 Å². The number of rotatable bonds is 3. The first-order valence-electron chi connectivity index (χ1n) is 8.65. The number of amides is 2. The van der Waals surface area contributed by atoms with E-state index in [0.717, 1.165) is 17.0 Å². The van der Waals surface area contributed by atoms with Gasteiger partial charge in [-0.1, -0.05) is 6.07 Å². The molecule has 0 saturated carbocycles. The maximum Gasteiger partial charge on any atom is 0.328 e. The highest BCUT2D eigenvalue weighted by Crippen LogP contribution is 2.39. The second kappa shape index (κ2) is 6.82. The van der Waals surface area contributed by atoms with Gasteiger partial charge in [0.1, 0.15) is 12.1 Å². The zero-order chi connectivity index (χ0) is 19.0. The Kier molecular flexibility index (Phi) is 4.35. The average Bonchev–Trinajstić information content (AvgIpc) is 3.34. The SMILES string of the molecule is COC(=O)[C@H](C)NC(=O)N1CCc2[nH]cnc2[C@H]1c1ccc2c(c1)OCO2. The topological polar surface area (TPSA) is 106 Å². The Morgan fingerprint density at radius 2 is 2.19 bits per heavy atom. The molecule has 9 heteroatoms. The van der Waals surface area contributed by atoms with Gasteiger partial charge in [-0.15, -0.1) is 0 Å². The summed E-state index contributed by atoms with van der Waals surface area (Å²) in [5.41, 5.74) is 2.62. The lowest BCUT2D eigenvalue weighted by molar-refractivity contribution is -0.142. The number of hydrogen-bond donors (Lipinski definition) is 2. The van der Waals surface area contributed by atoms with Gasteiger partial charge in [0, 0.05) is 18.7 Å². The van der Waals surface area contributed by atoms with Crippen LogP contribution in [0.15, 0.2) is 24.5 Å². The number of H-pyrrole nitrogens is 1. The quantitative estimate of drug-likeness (QED) is 0.788. The Morgan fingerprint density at radius 1 is 1.37 bits per heavy atom. The summed E-state index contributed by atoms with van der Waals surface area (Å²) in [6.45, 7) is 2.25. The lowest BCUT2D eigenvalue weighted by Crippen LogP contribution is -2.50. The fourth-order valence-corrected chi connectivity index (χ4v) is 3.42. The van der Waals surface area contributed by atoms with Crippen LogP contribution in [-0.2, 0) is 16.0 Å². The van der Waals surface area contributed by atoms with E-state index in [1.54, 1.807) is 18.2 Å². The Hall–Kier alpha value is -3.23. The summed E-state index contributed by atoms with van der Waals surface area (Å²) in [7, 11) is 1.29. The van der Waals surface area contributed by atoms with Gasteiger partial charge in [-0.05, 0) is 24.6 Å². The number of fused-ring (bicyclic) bond motifs is 2. The van der Waals surface area contributed by atoms with E-state index in [1.807, 2.05) is 18.2 Å². The first kappa shape index (κ1) is 17.2. The van der Waals surface area contributed by atoms with Crippen molar-refractivity contribution in [1.82, 2.24) is 20.2 Å². The Labute approximate surface area is 155 Å². The molecule has 0 radical (unpaired) electrons. The number of carbonyl (C=O) groups excluding carboxylic acids is 2. The van der Waals surface area contributed by atoms with E-state index >= 15 is 0 Å². The third-order valence-electron chi connectivity index (χ3n) is 4.79. The Bertz CT molecular complexity index is 880. The molecule has 2 aromatic rings. The van der Waals surface area contributed by atoms with Crippen LogP contribution in [-0.4, -0.2) is 53.4 Å². The minimum absolute atomic E-state index is 0.179. The van der Waals surface area contributed by atoms with Gasteiger partial charge in [-0.25, -0.2) is 14.6 Å². The van der Waals surface area contributed by atoms with Crippen molar-refractivity contribution < 1.29 is 23.8 Å². The highest BCUT2D eigenvalue weighted by atomic mass is 16.7. The van der Waals surface area contributed by atoms with E-state index in [9.17, 15) is 9.59 Å². The largest absolute Gasteiger partial charge is 0.467 e. The van der Waals surface area contributed by atoms with Gasteiger partial charge < -0.3 is 29.4 Å². The molecule has 142 valence electrons. The maximum atomic E-state index is 12.9. The summed E-state index contributed by atoms with van der Waals surface area (Å²) in [6, 6.07) is 4.07. The highest BCUT2D eigenvalue weighted by Gasteiger charge is 2.35. The number of esters is 1. The molecule has 2 aliphatic rings. The predicted octanol–water partition coefficient (Wildman–Crippen LogP) is 1.36. The Morgan fingerprint density at radius 3 is 3.00 bits per heavy atom. The normalized spacial score (nSPS) is 18.6. The highest BCUT2D eigenvalue weighted by molar-refractivity contribution is 5.83. The number of nitrogens with zero attached hydrogens (tertiary/aromatic N) is 2. The van der Waals surface area contributed by atoms with Gasteiger partial charge in [0.05, 0.1) is 19.1 Å². The molecule has 9 nitrogen and oxygen atoms in total. The van der Waals surface area contributed by atoms with Crippen molar-refractivity contribution in [3.05, 3.63) is 41.5 Å². The van der Waals surface area contributed by atoms with Crippen LogP contribution in [0, 0.1) is 0 Å². The molecular formula is C18H20N4O5. The molecule has 1 aromatic carbocycles. The molecule has 2 atom stereocenters. The van der Waals surface area contributed by atoms with E-state index in [0.29, 0.717) is 24.5 Å². The number of benzene rings is 1. The fourth-order valence-electron chi connectivity index (χ4n) is 3.42. The molecule has 3 heterocycles. The second-order valence-electron chi connectivity index (χ2n) is 6.42. The van der Waals surface area contributed by atoms with Gasteiger partial charge in [-0.2, -0.15) is 0 Å². The number of hydrogen-bond acceptors (Lipinski definition) is 6. The molecule has 27 heavy (non-hydrogen) atoms. The molecule has 0 unspecified atom stereocenters. The number of urea groups is 1. The van der Waals surface area contributed by atoms with E-state index in [4.69, 9.17) is 9.47 Å².